The van der Waals surface area contributed by atoms with Crippen LogP contribution in [0.1, 0.15) is 13.3 Å². The first-order valence-electron chi connectivity index (χ1n) is 4.04. The van der Waals surface area contributed by atoms with Crippen molar-refractivity contribution >= 4 is 17.7 Å². The molecule has 1 heterocycles. The van der Waals surface area contributed by atoms with Gasteiger partial charge in [0.25, 0.3) is 0 Å². The van der Waals surface area contributed by atoms with Crippen LogP contribution in [0.2, 0.25) is 0 Å². The van der Waals surface area contributed by atoms with Crippen molar-refractivity contribution in [3.8, 4) is 0 Å². The van der Waals surface area contributed by atoms with Gasteiger partial charge in [0.05, 0.1) is 5.03 Å². The predicted molar refractivity (Wildman–Crippen MR) is 51.8 cm³/mol. The van der Waals surface area contributed by atoms with Crippen LogP contribution in [0, 0.1) is 0 Å². The summed E-state index contributed by atoms with van der Waals surface area (Å²) in [6.45, 7) is 1.86. The number of aliphatic carboxylic acids is 1. The number of nitrogens with zero attached hydrogens (tertiary/aromatic N) is 1. The second kappa shape index (κ2) is 4.87. The molecule has 0 saturated heterocycles. The number of thioether (sulfide) groups is 1. The number of pyridine rings is 1. The lowest BCUT2D eigenvalue weighted by molar-refractivity contribution is -0.136. The SMILES string of the molecule is CCC(Sc1ccccn1)C(=O)O. The lowest BCUT2D eigenvalue weighted by Gasteiger charge is -2.07. The normalized spacial score (nSPS) is 12.4. The molecule has 0 aliphatic carbocycles. The van der Waals surface area contributed by atoms with Gasteiger partial charge < -0.3 is 5.11 Å². The van der Waals surface area contributed by atoms with Gasteiger partial charge in [0, 0.05) is 6.20 Å². The Hall–Kier alpha value is -1.03. The fourth-order valence-electron chi connectivity index (χ4n) is 0.871. The summed E-state index contributed by atoms with van der Waals surface area (Å²) in [5, 5.41) is 9.15. The summed E-state index contributed by atoms with van der Waals surface area (Å²) in [6.07, 6.45) is 2.27. The fraction of sp³-hybridized carbons (Fsp3) is 0.333. The van der Waals surface area contributed by atoms with Gasteiger partial charge in [0.2, 0.25) is 0 Å². The average molecular weight is 197 g/mol. The molecule has 13 heavy (non-hydrogen) atoms. The van der Waals surface area contributed by atoms with E-state index in [0.29, 0.717) is 6.42 Å². The summed E-state index contributed by atoms with van der Waals surface area (Å²) in [5.41, 5.74) is 0. The van der Waals surface area contributed by atoms with Crippen molar-refractivity contribution in [1.82, 2.24) is 4.98 Å². The molecule has 1 aromatic heterocycles. The first kappa shape index (κ1) is 10.1. The zero-order valence-electron chi connectivity index (χ0n) is 7.30. The Balaban J connectivity index is 2.62. The van der Waals surface area contributed by atoms with Crippen molar-refractivity contribution in [1.29, 1.82) is 0 Å². The van der Waals surface area contributed by atoms with E-state index in [1.165, 1.54) is 11.8 Å². The zero-order valence-corrected chi connectivity index (χ0v) is 8.12. The molecule has 0 bridgehead atoms. The lowest BCUT2D eigenvalue weighted by Crippen LogP contribution is -2.14. The van der Waals surface area contributed by atoms with Crippen molar-refractivity contribution in [2.24, 2.45) is 0 Å². The van der Waals surface area contributed by atoms with Crippen LogP contribution in [0.5, 0.6) is 0 Å². The quantitative estimate of drug-likeness (QED) is 0.750. The molecule has 0 aliphatic rings. The minimum atomic E-state index is -0.779. The van der Waals surface area contributed by atoms with E-state index < -0.39 is 11.2 Å². The third kappa shape index (κ3) is 3.06. The molecule has 1 aromatic rings. The summed E-state index contributed by atoms with van der Waals surface area (Å²) in [6, 6.07) is 5.48. The zero-order chi connectivity index (χ0) is 9.68. The fourth-order valence-corrected chi connectivity index (χ4v) is 1.71. The monoisotopic (exact) mass is 197 g/mol. The number of hydrogen-bond donors (Lipinski definition) is 1. The Morgan fingerprint density at radius 1 is 1.69 bits per heavy atom. The third-order valence-corrected chi connectivity index (χ3v) is 2.85. The Labute approximate surface area is 81.2 Å². The molecule has 1 atom stereocenters. The first-order chi connectivity index (χ1) is 6.24. The highest BCUT2D eigenvalue weighted by atomic mass is 32.2. The maximum atomic E-state index is 10.7. The Bertz CT molecular complexity index is 276. The molecule has 0 spiro atoms. The maximum Gasteiger partial charge on any atom is 0.317 e. The summed E-state index contributed by atoms with van der Waals surface area (Å²) >= 11 is 1.29. The summed E-state index contributed by atoms with van der Waals surface area (Å²) in [7, 11) is 0. The first-order valence-corrected chi connectivity index (χ1v) is 4.92. The van der Waals surface area contributed by atoms with Crippen molar-refractivity contribution in [3.05, 3.63) is 24.4 Å². The Kier molecular flexibility index (Phi) is 3.76. The summed E-state index contributed by atoms with van der Waals surface area (Å²) in [4.78, 5) is 14.7. The van der Waals surface area contributed by atoms with Gasteiger partial charge in [-0.05, 0) is 18.6 Å². The van der Waals surface area contributed by atoms with E-state index >= 15 is 0 Å². The molecular weight excluding hydrogens is 186 g/mol. The van der Waals surface area contributed by atoms with Gasteiger partial charge in [-0.15, -0.1) is 0 Å². The number of carboxylic acid groups (broad SMARTS) is 1. The predicted octanol–water partition coefficient (Wildman–Crippen LogP) is 2.04. The second-order valence-electron chi connectivity index (χ2n) is 2.52. The van der Waals surface area contributed by atoms with Crippen LogP contribution in [0.25, 0.3) is 0 Å². The molecular formula is C9H11NO2S. The molecule has 0 fully saturated rings. The molecule has 0 saturated carbocycles. The molecule has 0 amide bonds. The minimum absolute atomic E-state index is 0.394. The van der Waals surface area contributed by atoms with Crippen LogP contribution in [-0.4, -0.2) is 21.3 Å². The minimum Gasteiger partial charge on any atom is -0.480 e. The van der Waals surface area contributed by atoms with E-state index in [0.717, 1.165) is 5.03 Å². The topological polar surface area (TPSA) is 50.2 Å². The van der Waals surface area contributed by atoms with Crippen molar-refractivity contribution in [3.63, 3.8) is 0 Å². The summed E-state index contributed by atoms with van der Waals surface area (Å²) < 4.78 is 0. The van der Waals surface area contributed by atoms with Gasteiger partial charge in [-0.25, -0.2) is 4.98 Å². The highest BCUT2D eigenvalue weighted by molar-refractivity contribution is 8.00. The van der Waals surface area contributed by atoms with E-state index in [9.17, 15) is 4.79 Å². The highest BCUT2D eigenvalue weighted by Gasteiger charge is 2.16. The van der Waals surface area contributed by atoms with E-state index in [1.54, 1.807) is 6.20 Å². The number of carboxylic acids is 1. The molecule has 0 aliphatic heterocycles. The van der Waals surface area contributed by atoms with E-state index in [-0.39, 0.29) is 0 Å². The average Bonchev–Trinajstić information content (AvgIpc) is 2.15. The molecule has 1 unspecified atom stereocenters. The van der Waals surface area contributed by atoms with Gasteiger partial charge in [-0.1, -0.05) is 24.8 Å². The third-order valence-electron chi connectivity index (χ3n) is 1.55. The molecule has 0 radical (unpaired) electrons. The lowest BCUT2D eigenvalue weighted by atomic mass is 10.3. The van der Waals surface area contributed by atoms with Crippen LogP contribution >= 0.6 is 11.8 Å². The van der Waals surface area contributed by atoms with Gasteiger partial charge in [-0.2, -0.15) is 0 Å². The molecule has 0 aromatic carbocycles. The van der Waals surface area contributed by atoms with Crippen molar-refractivity contribution in [2.75, 3.05) is 0 Å². The van der Waals surface area contributed by atoms with Gasteiger partial charge in [-0.3, -0.25) is 4.79 Å². The molecule has 3 nitrogen and oxygen atoms in total. The number of hydrogen-bond acceptors (Lipinski definition) is 3. The second-order valence-corrected chi connectivity index (χ2v) is 3.74. The highest BCUT2D eigenvalue weighted by Crippen LogP contribution is 2.22. The molecule has 4 heteroatoms. The van der Waals surface area contributed by atoms with Crippen LogP contribution in [0.3, 0.4) is 0 Å². The number of carbonyl (C=O) groups is 1. The number of aromatic nitrogens is 1. The maximum absolute atomic E-state index is 10.7. The van der Waals surface area contributed by atoms with Crippen LogP contribution in [-0.2, 0) is 4.79 Å². The van der Waals surface area contributed by atoms with E-state index in [4.69, 9.17) is 5.11 Å². The van der Waals surface area contributed by atoms with Gasteiger partial charge in [0.15, 0.2) is 0 Å². The van der Waals surface area contributed by atoms with Gasteiger partial charge >= 0.3 is 5.97 Å². The molecule has 1 rings (SSSR count). The van der Waals surface area contributed by atoms with E-state index in [1.807, 2.05) is 25.1 Å². The van der Waals surface area contributed by atoms with Crippen molar-refractivity contribution < 1.29 is 9.90 Å². The Morgan fingerprint density at radius 2 is 2.46 bits per heavy atom. The van der Waals surface area contributed by atoms with Gasteiger partial charge in [0.1, 0.15) is 5.25 Å². The number of rotatable bonds is 4. The summed E-state index contributed by atoms with van der Waals surface area (Å²) in [5.74, 6) is -0.779. The van der Waals surface area contributed by atoms with Crippen LogP contribution in [0.15, 0.2) is 29.4 Å². The molecule has 1 N–H and O–H groups in total. The Morgan fingerprint density at radius 3 is 2.92 bits per heavy atom. The molecule has 70 valence electrons. The standard InChI is InChI=1S/C9H11NO2S/c1-2-7(9(11)12)13-8-5-3-4-6-10-8/h3-7H,2H2,1H3,(H,11,12). The van der Waals surface area contributed by atoms with Crippen LogP contribution in [0.4, 0.5) is 0 Å². The van der Waals surface area contributed by atoms with Crippen molar-refractivity contribution in [2.45, 2.75) is 23.6 Å². The largest absolute Gasteiger partial charge is 0.480 e. The van der Waals surface area contributed by atoms with Crippen LogP contribution < -0.4 is 0 Å². The smallest absolute Gasteiger partial charge is 0.317 e. The van der Waals surface area contributed by atoms with E-state index in [2.05, 4.69) is 4.98 Å².